The van der Waals surface area contributed by atoms with E-state index in [1.165, 1.54) is 30.5 Å². The molecule has 1 heteroatoms. The Morgan fingerprint density at radius 2 is 2.00 bits per heavy atom. The quantitative estimate of drug-likeness (QED) is 0.742. The third-order valence-corrected chi connectivity index (χ3v) is 2.54. The highest BCUT2D eigenvalue weighted by molar-refractivity contribution is 5.50. The zero-order valence-electron chi connectivity index (χ0n) is 9.51. The van der Waals surface area contributed by atoms with Crippen molar-refractivity contribution in [3.63, 3.8) is 0 Å². The maximum Gasteiger partial charge on any atom is 0.0371 e. The van der Waals surface area contributed by atoms with Gasteiger partial charge in [-0.3, -0.25) is 0 Å². The van der Waals surface area contributed by atoms with Gasteiger partial charge in [-0.05, 0) is 31.9 Å². The van der Waals surface area contributed by atoms with Crippen molar-refractivity contribution < 1.29 is 0 Å². The van der Waals surface area contributed by atoms with Crippen LogP contribution in [0.3, 0.4) is 0 Å². The highest BCUT2D eigenvalue weighted by atomic mass is 14.9. The smallest absolute Gasteiger partial charge is 0.0371 e. The molecule has 0 saturated heterocycles. The van der Waals surface area contributed by atoms with Crippen LogP contribution in [0, 0.1) is 6.92 Å². The Bertz CT molecular complexity index is 268. The van der Waals surface area contributed by atoms with Crippen molar-refractivity contribution in [2.24, 2.45) is 0 Å². The molecule has 0 amide bonds. The highest BCUT2D eigenvalue weighted by Crippen LogP contribution is 2.15. The summed E-state index contributed by atoms with van der Waals surface area (Å²) in [5, 5.41) is 3.54. The van der Waals surface area contributed by atoms with Gasteiger partial charge in [-0.25, -0.2) is 0 Å². The van der Waals surface area contributed by atoms with Crippen molar-refractivity contribution in [2.45, 2.75) is 46.1 Å². The average molecular weight is 191 g/mol. The molecule has 0 spiro atoms. The second-order valence-electron chi connectivity index (χ2n) is 4.00. The summed E-state index contributed by atoms with van der Waals surface area (Å²) in [7, 11) is 0. The Kier molecular flexibility index (Phi) is 4.51. The molecule has 1 aromatic rings. The number of rotatable bonds is 5. The summed E-state index contributed by atoms with van der Waals surface area (Å²) in [6, 6.07) is 9.04. The van der Waals surface area contributed by atoms with E-state index in [0.29, 0.717) is 6.04 Å². The normalized spacial score (nSPS) is 12.5. The van der Waals surface area contributed by atoms with Gasteiger partial charge in [-0.15, -0.1) is 0 Å². The fourth-order valence-electron chi connectivity index (χ4n) is 1.58. The molecular weight excluding hydrogens is 170 g/mol. The number of para-hydroxylation sites is 1. The molecule has 78 valence electrons. The van der Waals surface area contributed by atoms with Crippen molar-refractivity contribution in [3.8, 4) is 0 Å². The van der Waals surface area contributed by atoms with Gasteiger partial charge in [0.25, 0.3) is 0 Å². The molecule has 0 radical (unpaired) electrons. The van der Waals surface area contributed by atoms with Crippen LogP contribution in [0.15, 0.2) is 24.3 Å². The van der Waals surface area contributed by atoms with Crippen LogP contribution in [0.2, 0.25) is 0 Å². The summed E-state index contributed by atoms with van der Waals surface area (Å²) >= 11 is 0. The average Bonchev–Trinajstić information content (AvgIpc) is 2.18. The summed E-state index contributed by atoms with van der Waals surface area (Å²) in [5.41, 5.74) is 2.60. The maximum atomic E-state index is 3.54. The Morgan fingerprint density at radius 1 is 1.29 bits per heavy atom. The third-order valence-electron chi connectivity index (χ3n) is 2.54. The molecule has 0 bridgehead atoms. The minimum Gasteiger partial charge on any atom is -0.382 e. The van der Waals surface area contributed by atoms with Gasteiger partial charge in [0.2, 0.25) is 0 Å². The van der Waals surface area contributed by atoms with Crippen molar-refractivity contribution >= 4 is 5.69 Å². The van der Waals surface area contributed by atoms with E-state index in [1.807, 2.05) is 0 Å². The number of unbranched alkanes of at least 4 members (excludes halogenated alkanes) is 1. The number of anilines is 1. The van der Waals surface area contributed by atoms with E-state index in [0.717, 1.165) is 0 Å². The molecule has 1 N–H and O–H groups in total. The topological polar surface area (TPSA) is 12.0 Å². The molecule has 0 aliphatic heterocycles. The first-order chi connectivity index (χ1) is 6.74. The molecule has 1 unspecified atom stereocenters. The lowest BCUT2D eigenvalue weighted by atomic mass is 10.1. The van der Waals surface area contributed by atoms with Crippen LogP contribution in [-0.4, -0.2) is 6.04 Å². The predicted octanol–water partition coefficient (Wildman–Crippen LogP) is 3.99. The van der Waals surface area contributed by atoms with E-state index in [9.17, 15) is 0 Å². The van der Waals surface area contributed by atoms with Crippen LogP contribution in [0.5, 0.6) is 0 Å². The molecule has 0 aromatic heterocycles. The van der Waals surface area contributed by atoms with Crippen molar-refractivity contribution in [3.05, 3.63) is 29.8 Å². The first-order valence-electron chi connectivity index (χ1n) is 5.56. The predicted molar refractivity (Wildman–Crippen MR) is 63.8 cm³/mol. The molecule has 1 atom stereocenters. The first-order valence-corrected chi connectivity index (χ1v) is 5.56. The summed E-state index contributed by atoms with van der Waals surface area (Å²) in [6.45, 7) is 6.64. The van der Waals surface area contributed by atoms with E-state index in [4.69, 9.17) is 0 Å². The van der Waals surface area contributed by atoms with Gasteiger partial charge < -0.3 is 5.32 Å². The van der Waals surface area contributed by atoms with Crippen LogP contribution < -0.4 is 5.32 Å². The van der Waals surface area contributed by atoms with E-state index in [2.05, 4.69) is 50.4 Å². The fourth-order valence-corrected chi connectivity index (χ4v) is 1.58. The number of benzene rings is 1. The molecule has 1 rings (SSSR count). The van der Waals surface area contributed by atoms with Gasteiger partial charge >= 0.3 is 0 Å². The van der Waals surface area contributed by atoms with E-state index in [1.54, 1.807) is 0 Å². The van der Waals surface area contributed by atoms with Crippen molar-refractivity contribution in [2.75, 3.05) is 5.32 Å². The van der Waals surface area contributed by atoms with Gasteiger partial charge in [0.05, 0.1) is 0 Å². The second kappa shape index (κ2) is 5.69. The standard InChI is InChI=1S/C13H21N/c1-4-5-9-12(3)14-13-10-7-6-8-11(13)2/h6-8,10,12,14H,4-5,9H2,1-3H3. The zero-order chi connectivity index (χ0) is 10.4. The van der Waals surface area contributed by atoms with Crippen LogP contribution in [0.25, 0.3) is 0 Å². The van der Waals surface area contributed by atoms with Gasteiger partial charge in [-0.2, -0.15) is 0 Å². The molecule has 0 aliphatic rings. The molecule has 1 aromatic carbocycles. The lowest BCUT2D eigenvalue weighted by Crippen LogP contribution is -2.15. The Labute approximate surface area is 87.5 Å². The molecule has 0 heterocycles. The van der Waals surface area contributed by atoms with Gasteiger partial charge in [0.15, 0.2) is 0 Å². The fraction of sp³-hybridized carbons (Fsp3) is 0.538. The van der Waals surface area contributed by atoms with Gasteiger partial charge in [-0.1, -0.05) is 38.0 Å². The van der Waals surface area contributed by atoms with E-state index in [-0.39, 0.29) is 0 Å². The minimum atomic E-state index is 0.580. The zero-order valence-corrected chi connectivity index (χ0v) is 9.51. The number of aryl methyl sites for hydroxylation is 1. The number of hydrogen-bond acceptors (Lipinski definition) is 1. The maximum absolute atomic E-state index is 3.54. The van der Waals surface area contributed by atoms with Crippen LogP contribution in [-0.2, 0) is 0 Å². The second-order valence-corrected chi connectivity index (χ2v) is 4.00. The third kappa shape index (κ3) is 3.41. The van der Waals surface area contributed by atoms with Crippen molar-refractivity contribution in [1.29, 1.82) is 0 Å². The Hall–Kier alpha value is -0.980. The summed E-state index contributed by atoms with van der Waals surface area (Å²) in [6.07, 6.45) is 3.84. The highest BCUT2D eigenvalue weighted by Gasteiger charge is 2.02. The summed E-state index contributed by atoms with van der Waals surface area (Å²) in [4.78, 5) is 0. The monoisotopic (exact) mass is 191 g/mol. The largest absolute Gasteiger partial charge is 0.382 e. The van der Waals surface area contributed by atoms with E-state index >= 15 is 0 Å². The van der Waals surface area contributed by atoms with Gasteiger partial charge in [0, 0.05) is 11.7 Å². The first kappa shape index (κ1) is 11.1. The summed E-state index contributed by atoms with van der Waals surface area (Å²) in [5.74, 6) is 0. The van der Waals surface area contributed by atoms with Crippen LogP contribution in [0.4, 0.5) is 5.69 Å². The molecular formula is C13H21N. The molecule has 0 fully saturated rings. The lowest BCUT2D eigenvalue weighted by molar-refractivity contribution is 0.645. The lowest BCUT2D eigenvalue weighted by Gasteiger charge is -2.16. The van der Waals surface area contributed by atoms with Crippen LogP contribution >= 0.6 is 0 Å². The number of nitrogens with one attached hydrogen (secondary N) is 1. The molecule has 0 aliphatic carbocycles. The number of hydrogen-bond donors (Lipinski definition) is 1. The Balaban J connectivity index is 2.47. The minimum absolute atomic E-state index is 0.580. The summed E-state index contributed by atoms with van der Waals surface area (Å²) < 4.78 is 0. The molecule has 14 heavy (non-hydrogen) atoms. The Morgan fingerprint density at radius 3 is 2.64 bits per heavy atom. The molecule has 0 saturated carbocycles. The van der Waals surface area contributed by atoms with Crippen molar-refractivity contribution in [1.82, 2.24) is 0 Å². The van der Waals surface area contributed by atoms with Crippen LogP contribution in [0.1, 0.15) is 38.7 Å². The van der Waals surface area contributed by atoms with E-state index < -0.39 is 0 Å². The molecule has 1 nitrogen and oxygen atoms in total. The van der Waals surface area contributed by atoms with Gasteiger partial charge in [0.1, 0.15) is 0 Å². The SMILES string of the molecule is CCCCC(C)Nc1ccccc1C.